The molecule has 0 unspecified atom stereocenters. The molecule has 6 heteroatoms. The summed E-state index contributed by atoms with van der Waals surface area (Å²) in [5, 5.41) is 18.2. The molecule has 0 spiro atoms. The summed E-state index contributed by atoms with van der Waals surface area (Å²) in [7, 11) is 0. The number of hydrogen-bond donors (Lipinski definition) is 3. The van der Waals surface area contributed by atoms with Crippen LogP contribution in [-0.2, 0) is 0 Å². The third-order valence-corrected chi connectivity index (χ3v) is 2.26. The van der Waals surface area contributed by atoms with Gasteiger partial charge < -0.3 is 15.9 Å². The second-order valence-electron chi connectivity index (χ2n) is 2.91. The lowest BCUT2D eigenvalue weighted by Crippen LogP contribution is -2.13. The van der Waals surface area contributed by atoms with Crippen LogP contribution in [0.1, 0.15) is 18.0 Å². The summed E-state index contributed by atoms with van der Waals surface area (Å²) in [4.78, 5) is 0. The van der Waals surface area contributed by atoms with Crippen LogP contribution in [0.3, 0.4) is 0 Å². The van der Waals surface area contributed by atoms with Crippen molar-refractivity contribution >= 4 is 24.0 Å². The van der Waals surface area contributed by atoms with E-state index in [9.17, 15) is 9.50 Å². The van der Waals surface area contributed by atoms with E-state index in [4.69, 9.17) is 22.4 Å². The fourth-order valence-corrected chi connectivity index (χ4v) is 1.49. The highest BCUT2D eigenvalue weighted by Crippen LogP contribution is 2.33. The van der Waals surface area contributed by atoms with Gasteiger partial charge in [0.15, 0.2) is 11.6 Å². The van der Waals surface area contributed by atoms with Crippen molar-refractivity contribution in [3.8, 4) is 5.75 Å². The molecule has 0 aliphatic carbocycles. The van der Waals surface area contributed by atoms with Crippen LogP contribution in [0.2, 0.25) is 5.02 Å². The molecule has 0 fully saturated rings. The first-order valence-corrected chi connectivity index (χ1v) is 4.49. The Kier molecular flexibility index (Phi) is 5.90. The predicted octanol–water partition coefficient (Wildman–Crippen LogP) is 1.99. The van der Waals surface area contributed by atoms with Crippen LogP contribution in [0.15, 0.2) is 12.1 Å². The maximum Gasteiger partial charge on any atom is 0.165 e. The highest BCUT2D eigenvalue weighted by atomic mass is 35.5. The van der Waals surface area contributed by atoms with Gasteiger partial charge in [0.1, 0.15) is 0 Å². The normalized spacial score (nSPS) is 12.0. The summed E-state index contributed by atoms with van der Waals surface area (Å²) in [5.41, 5.74) is 5.74. The number of rotatable bonds is 3. The minimum atomic E-state index is -0.766. The number of hydrogen-bond acceptors (Lipinski definition) is 3. The van der Waals surface area contributed by atoms with Gasteiger partial charge >= 0.3 is 0 Å². The largest absolute Gasteiger partial charge is 0.505 e. The molecule has 1 rings (SSSR count). The molecular formula is C9H12Cl2FNO2. The van der Waals surface area contributed by atoms with Gasteiger partial charge in [0.05, 0.1) is 0 Å². The van der Waals surface area contributed by atoms with Crippen LogP contribution in [0.25, 0.3) is 0 Å². The van der Waals surface area contributed by atoms with Gasteiger partial charge in [-0.1, -0.05) is 11.6 Å². The SMILES string of the molecule is Cl.N[C@@H](CCO)c1c(Cl)ccc(F)c1O. The van der Waals surface area contributed by atoms with Gasteiger partial charge in [-0.2, -0.15) is 0 Å². The van der Waals surface area contributed by atoms with Crippen molar-refractivity contribution < 1.29 is 14.6 Å². The average Bonchev–Trinajstić information content (AvgIpc) is 2.13. The molecule has 1 aromatic rings. The molecule has 0 amide bonds. The molecule has 15 heavy (non-hydrogen) atoms. The monoisotopic (exact) mass is 255 g/mol. The van der Waals surface area contributed by atoms with Gasteiger partial charge in [-0.15, -0.1) is 12.4 Å². The number of phenolic OH excluding ortho intramolecular Hbond substituents is 1. The van der Waals surface area contributed by atoms with E-state index in [1.165, 1.54) is 6.07 Å². The number of nitrogens with two attached hydrogens (primary N) is 1. The number of halogens is 3. The Labute approximate surface area is 98.1 Å². The molecule has 0 bridgehead atoms. The second kappa shape index (κ2) is 6.12. The Morgan fingerprint density at radius 1 is 1.47 bits per heavy atom. The second-order valence-corrected chi connectivity index (χ2v) is 3.32. The first kappa shape index (κ1) is 14.5. The molecule has 0 aliphatic heterocycles. The van der Waals surface area contributed by atoms with E-state index in [2.05, 4.69) is 0 Å². The minimum Gasteiger partial charge on any atom is -0.505 e. The van der Waals surface area contributed by atoms with Crippen molar-refractivity contribution in [3.63, 3.8) is 0 Å². The van der Waals surface area contributed by atoms with Crippen LogP contribution < -0.4 is 5.73 Å². The fraction of sp³-hybridized carbons (Fsp3) is 0.333. The molecule has 0 heterocycles. The third-order valence-electron chi connectivity index (χ3n) is 1.93. The molecule has 86 valence electrons. The van der Waals surface area contributed by atoms with Gasteiger partial charge in [-0.25, -0.2) is 4.39 Å². The van der Waals surface area contributed by atoms with E-state index >= 15 is 0 Å². The molecule has 0 saturated heterocycles. The Bertz CT molecular complexity index is 336. The number of aliphatic hydroxyl groups is 1. The van der Waals surface area contributed by atoms with E-state index in [1.807, 2.05) is 0 Å². The number of aliphatic hydroxyl groups excluding tert-OH is 1. The number of phenols is 1. The lowest BCUT2D eigenvalue weighted by molar-refractivity contribution is 0.275. The van der Waals surface area contributed by atoms with E-state index in [0.29, 0.717) is 0 Å². The first-order chi connectivity index (χ1) is 6.57. The molecule has 0 aromatic heterocycles. The topological polar surface area (TPSA) is 66.5 Å². The summed E-state index contributed by atoms with van der Waals surface area (Å²) in [6, 6.07) is 1.72. The van der Waals surface area contributed by atoms with E-state index in [-0.39, 0.29) is 36.0 Å². The van der Waals surface area contributed by atoms with Crippen LogP contribution in [0.5, 0.6) is 5.75 Å². The maximum absolute atomic E-state index is 12.9. The summed E-state index contributed by atoms with van der Waals surface area (Å²) in [6.07, 6.45) is 0.219. The fourth-order valence-electron chi connectivity index (χ4n) is 1.19. The van der Waals surface area contributed by atoms with Gasteiger partial charge in [-0.3, -0.25) is 0 Å². The average molecular weight is 256 g/mol. The number of aromatic hydroxyl groups is 1. The molecule has 3 nitrogen and oxygen atoms in total. The predicted molar refractivity (Wildman–Crippen MR) is 59.0 cm³/mol. The van der Waals surface area contributed by atoms with Crippen molar-refractivity contribution in [1.29, 1.82) is 0 Å². The van der Waals surface area contributed by atoms with Crippen molar-refractivity contribution in [2.75, 3.05) is 6.61 Å². The lowest BCUT2D eigenvalue weighted by Gasteiger charge is -2.14. The van der Waals surface area contributed by atoms with Gasteiger partial charge in [0.25, 0.3) is 0 Å². The molecule has 0 aliphatic rings. The summed E-state index contributed by atoms with van der Waals surface area (Å²) >= 11 is 5.74. The highest BCUT2D eigenvalue weighted by Gasteiger charge is 2.17. The van der Waals surface area contributed by atoms with Crippen LogP contribution in [0.4, 0.5) is 4.39 Å². The van der Waals surface area contributed by atoms with Crippen LogP contribution >= 0.6 is 24.0 Å². The Hall–Kier alpha value is -0.550. The molecule has 1 atom stereocenters. The lowest BCUT2D eigenvalue weighted by atomic mass is 10.0. The van der Waals surface area contributed by atoms with Crippen LogP contribution in [0, 0.1) is 5.82 Å². The zero-order chi connectivity index (χ0) is 10.7. The van der Waals surface area contributed by atoms with Crippen LogP contribution in [-0.4, -0.2) is 16.8 Å². The summed E-state index contributed by atoms with van der Waals surface area (Å²) < 4.78 is 12.9. The molecule has 0 saturated carbocycles. The van der Waals surface area contributed by atoms with Crippen molar-refractivity contribution in [2.45, 2.75) is 12.5 Å². The van der Waals surface area contributed by atoms with E-state index in [0.717, 1.165) is 6.07 Å². The van der Waals surface area contributed by atoms with Crippen molar-refractivity contribution in [3.05, 3.63) is 28.5 Å². The Balaban J connectivity index is 0.00000196. The molecule has 4 N–H and O–H groups in total. The van der Waals surface area contributed by atoms with Gasteiger partial charge in [0, 0.05) is 23.2 Å². The Morgan fingerprint density at radius 3 is 2.60 bits per heavy atom. The first-order valence-electron chi connectivity index (χ1n) is 4.11. The highest BCUT2D eigenvalue weighted by molar-refractivity contribution is 6.31. The summed E-state index contributed by atoms with van der Waals surface area (Å²) in [6.45, 7) is -0.145. The van der Waals surface area contributed by atoms with E-state index in [1.54, 1.807) is 0 Å². The smallest absolute Gasteiger partial charge is 0.165 e. The van der Waals surface area contributed by atoms with Crippen molar-refractivity contribution in [1.82, 2.24) is 0 Å². The zero-order valence-corrected chi connectivity index (χ0v) is 9.35. The summed E-state index contributed by atoms with van der Waals surface area (Å²) in [5.74, 6) is -1.31. The minimum absolute atomic E-state index is 0. The standard InChI is InChI=1S/C9H11ClFNO2.ClH/c10-5-1-2-6(11)9(14)8(5)7(12)3-4-13;/h1-2,7,13-14H,3-4,12H2;1H/t7-;/m0./s1. The molecule has 1 aromatic carbocycles. The Morgan fingerprint density at radius 2 is 2.07 bits per heavy atom. The van der Waals surface area contributed by atoms with Gasteiger partial charge in [0.2, 0.25) is 0 Å². The molecular weight excluding hydrogens is 244 g/mol. The maximum atomic E-state index is 12.9. The zero-order valence-electron chi connectivity index (χ0n) is 7.78. The number of benzene rings is 1. The third kappa shape index (κ3) is 3.21. The molecule has 0 radical (unpaired) electrons. The van der Waals surface area contributed by atoms with E-state index < -0.39 is 17.6 Å². The van der Waals surface area contributed by atoms with Crippen molar-refractivity contribution in [2.24, 2.45) is 5.73 Å². The quantitative estimate of drug-likeness (QED) is 0.774. The van der Waals surface area contributed by atoms with Gasteiger partial charge in [-0.05, 0) is 18.6 Å².